The molecule has 1 aromatic carbocycles. The van der Waals surface area contributed by atoms with Crippen LogP contribution in [-0.2, 0) is 18.3 Å². The molecule has 0 saturated carbocycles. The lowest BCUT2D eigenvalue weighted by Gasteiger charge is -2.25. The molecule has 3 rings (SSSR count). The summed E-state index contributed by atoms with van der Waals surface area (Å²) in [6.45, 7) is 5.14. The van der Waals surface area contributed by atoms with Crippen molar-refractivity contribution in [3.05, 3.63) is 67.8 Å². The van der Waals surface area contributed by atoms with E-state index in [1.54, 1.807) is 24.9 Å². The van der Waals surface area contributed by atoms with Crippen LogP contribution in [0.4, 0.5) is 5.82 Å². The maximum absolute atomic E-state index is 13.2. The lowest BCUT2D eigenvalue weighted by molar-refractivity contribution is -0.122. The molecule has 2 aromatic rings. The monoisotopic (exact) mass is 480 g/mol. The van der Waals surface area contributed by atoms with Gasteiger partial charge in [-0.1, -0.05) is 67.7 Å². The summed E-state index contributed by atoms with van der Waals surface area (Å²) >= 11 is 6.77. The Morgan fingerprint density at radius 2 is 1.94 bits per heavy atom. The van der Waals surface area contributed by atoms with E-state index in [0.717, 1.165) is 24.9 Å². The van der Waals surface area contributed by atoms with Gasteiger partial charge in [0, 0.05) is 32.7 Å². The molecule has 0 aliphatic carbocycles. The average Bonchev–Trinajstić information content (AvgIpc) is 3.07. The normalized spacial score (nSPS) is 14.8. The second kappa shape index (κ2) is 10.8. The van der Waals surface area contributed by atoms with Gasteiger partial charge in [0.15, 0.2) is 0 Å². The summed E-state index contributed by atoms with van der Waals surface area (Å²) in [5, 5.41) is 9.60. The number of hydrogen-bond acceptors (Lipinski definition) is 6. The Morgan fingerprint density at radius 1 is 1.24 bits per heavy atom. The fourth-order valence-electron chi connectivity index (χ4n) is 3.88. The first-order valence-electron chi connectivity index (χ1n) is 10.9. The summed E-state index contributed by atoms with van der Waals surface area (Å²) in [6, 6.07) is 12.0. The Labute approximate surface area is 204 Å². The van der Waals surface area contributed by atoms with E-state index in [1.807, 2.05) is 48.3 Å². The van der Waals surface area contributed by atoms with Gasteiger partial charge in [0.2, 0.25) is 0 Å². The molecule has 1 aromatic heterocycles. The van der Waals surface area contributed by atoms with Gasteiger partial charge in [-0.2, -0.15) is 5.26 Å². The second-order valence-electron chi connectivity index (χ2n) is 8.06. The number of nitrogens with zero attached hydrogens (tertiary/aromatic N) is 4. The molecular formula is C25H28N4O2S2. The average molecular weight is 481 g/mol. The molecule has 1 aliphatic rings. The Balaban J connectivity index is 2.00. The fourth-order valence-corrected chi connectivity index (χ4v) is 5.17. The zero-order valence-electron chi connectivity index (χ0n) is 19.4. The van der Waals surface area contributed by atoms with E-state index < -0.39 is 0 Å². The van der Waals surface area contributed by atoms with Gasteiger partial charge in [-0.05, 0) is 37.0 Å². The van der Waals surface area contributed by atoms with Crippen molar-refractivity contribution in [1.82, 2.24) is 9.47 Å². The van der Waals surface area contributed by atoms with Gasteiger partial charge < -0.3 is 4.90 Å². The van der Waals surface area contributed by atoms with Gasteiger partial charge in [0.1, 0.15) is 21.8 Å². The fraction of sp³-hybridized carbons (Fsp3) is 0.360. The third-order valence-electron chi connectivity index (χ3n) is 5.79. The minimum Gasteiger partial charge on any atom is -0.360 e. The van der Waals surface area contributed by atoms with Gasteiger partial charge in [0.05, 0.1) is 4.91 Å². The maximum Gasteiger partial charge on any atom is 0.270 e. The number of unbranched alkanes of at least 4 members (excludes halogenated alkanes) is 1. The van der Waals surface area contributed by atoms with Crippen LogP contribution in [0.25, 0.3) is 6.08 Å². The van der Waals surface area contributed by atoms with E-state index in [9.17, 15) is 14.9 Å². The molecule has 1 aliphatic heterocycles. The summed E-state index contributed by atoms with van der Waals surface area (Å²) in [6.07, 6.45) is 4.48. The number of pyridine rings is 1. The van der Waals surface area contributed by atoms with Crippen LogP contribution in [-0.4, -0.2) is 39.8 Å². The maximum atomic E-state index is 13.2. The smallest absolute Gasteiger partial charge is 0.270 e. The number of thiocarbonyl (C=S) groups is 1. The molecule has 1 amide bonds. The zero-order valence-corrected chi connectivity index (χ0v) is 21.1. The van der Waals surface area contributed by atoms with Crippen molar-refractivity contribution < 1.29 is 4.79 Å². The number of thioether (sulfide) groups is 1. The highest BCUT2D eigenvalue weighted by molar-refractivity contribution is 8.26. The first kappa shape index (κ1) is 24.7. The van der Waals surface area contributed by atoms with E-state index >= 15 is 0 Å². The molecular weight excluding hydrogens is 452 g/mol. The molecule has 8 heteroatoms. The van der Waals surface area contributed by atoms with Crippen molar-refractivity contribution in [3.8, 4) is 6.07 Å². The van der Waals surface area contributed by atoms with Gasteiger partial charge >= 0.3 is 0 Å². The first-order valence-corrected chi connectivity index (χ1v) is 12.2. The largest absolute Gasteiger partial charge is 0.360 e. The Bertz CT molecular complexity index is 1200. The number of nitriles is 1. The topological polar surface area (TPSA) is 69.3 Å². The summed E-state index contributed by atoms with van der Waals surface area (Å²) in [5.41, 5.74) is 2.18. The Hall–Kier alpha value is -2.89. The van der Waals surface area contributed by atoms with E-state index in [0.29, 0.717) is 39.1 Å². The van der Waals surface area contributed by atoms with E-state index in [2.05, 4.69) is 6.92 Å². The van der Waals surface area contributed by atoms with Crippen molar-refractivity contribution in [3.63, 3.8) is 0 Å². The number of hydrogen-bond donors (Lipinski definition) is 0. The van der Waals surface area contributed by atoms with Crippen LogP contribution in [0.5, 0.6) is 0 Å². The first-order chi connectivity index (χ1) is 15.8. The van der Waals surface area contributed by atoms with Crippen molar-refractivity contribution >= 4 is 46.1 Å². The molecule has 172 valence electrons. The van der Waals surface area contributed by atoms with Crippen LogP contribution < -0.4 is 10.5 Å². The third kappa shape index (κ3) is 5.21. The standard InChI is InChI=1S/C25H28N4O2S2/c1-5-6-13-27(3)22-19(17(2)20(16-26)23(30)28(22)4)15-21-24(31)29(25(32)33-21)14-12-18-10-8-7-9-11-18/h7-11,15H,5-6,12-14H2,1-4H3/b21-15-. The zero-order chi connectivity index (χ0) is 24.1. The lowest BCUT2D eigenvalue weighted by Crippen LogP contribution is -2.31. The number of carbonyl (C=O) groups excluding carboxylic acids is 1. The molecule has 6 nitrogen and oxygen atoms in total. The predicted octanol–water partition coefficient (Wildman–Crippen LogP) is 4.25. The summed E-state index contributed by atoms with van der Waals surface area (Å²) in [5.74, 6) is 0.550. The Morgan fingerprint density at radius 3 is 2.58 bits per heavy atom. The van der Waals surface area contributed by atoms with Crippen LogP contribution in [0.15, 0.2) is 40.0 Å². The number of benzene rings is 1. The number of aromatic nitrogens is 1. The second-order valence-corrected chi connectivity index (χ2v) is 9.73. The number of anilines is 1. The van der Waals surface area contributed by atoms with Crippen LogP contribution >= 0.6 is 24.0 Å². The van der Waals surface area contributed by atoms with Gasteiger partial charge in [-0.3, -0.25) is 19.1 Å². The molecule has 0 N–H and O–H groups in total. The van der Waals surface area contributed by atoms with Crippen molar-refractivity contribution in [2.75, 3.05) is 25.0 Å². The van der Waals surface area contributed by atoms with Crippen LogP contribution in [0.2, 0.25) is 0 Å². The minimum atomic E-state index is -0.332. The van der Waals surface area contributed by atoms with Crippen molar-refractivity contribution in [2.24, 2.45) is 7.05 Å². The molecule has 2 heterocycles. The molecule has 0 unspecified atom stereocenters. The molecule has 1 fully saturated rings. The van der Waals surface area contributed by atoms with E-state index in [4.69, 9.17) is 12.2 Å². The molecule has 1 saturated heterocycles. The molecule has 0 spiro atoms. The van der Waals surface area contributed by atoms with Crippen LogP contribution in [0, 0.1) is 18.3 Å². The highest BCUT2D eigenvalue weighted by Gasteiger charge is 2.32. The lowest BCUT2D eigenvalue weighted by atomic mass is 10.0. The highest BCUT2D eigenvalue weighted by Crippen LogP contribution is 2.35. The summed E-state index contributed by atoms with van der Waals surface area (Å²) in [4.78, 5) is 30.1. The third-order valence-corrected chi connectivity index (χ3v) is 7.17. The summed E-state index contributed by atoms with van der Waals surface area (Å²) in [7, 11) is 3.60. The number of rotatable bonds is 8. The Kier molecular flexibility index (Phi) is 8.11. The van der Waals surface area contributed by atoms with E-state index in [-0.39, 0.29) is 17.0 Å². The van der Waals surface area contributed by atoms with Crippen molar-refractivity contribution in [2.45, 2.75) is 33.1 Å². The summed E-state index contributed by atoms with van der Waals surface area (Å²) < 4.78 is 2.02. The molecule has 0 bridgehead atoms. The molecule has 0 radical (unpaired) electrons. The van der Waals surface area contributed by atoms with Crippen molar-refractivity contribution in [1.29, 1.82) is 5.26 Å². The van der Waals surface area contributed by atoms with Crippen LogP contribution in [0.1, 0.15) is 42.0 Å². The highest BCUT2D eigenvalue weighted by atomic mass is 32.2. The SMILES string of the molecule is CCCCN(C)c1c(/C=C2\SC(=S)N(CCc3ccccc3)C2=O)c(C)c(C#N)c(=O)n1C. The van der Waals surface area contributed by atoms with Gasteiger partial charge in [-0.15, -0.1) is 0 Å². The van der Waals surface area contributed by atoms with Crippen LogP contribution in [0.3, 0.4) is 0 Å². The molecule has 33 heavy (non-hydrogen) atoms. The van der Waals surface area contributed by atoms with Gasteiger partial charge in [-0.25, -0.2) is 0 Å². The predicted molar refractivity (Wildman–Crippen MR) is 139 cm³/mol. The number of carbonyl (C=O) groups is 1. The quantitative estimate of drug-likeness (QED) is 0.416. The number of amides is 1. The molecule has 0 atom stereocenters. The van der Waals surface area contributed by atoms with E-state index in [1.165, 1.54) is 16.3 Å². The van der Waals surface area contributed by atoms with Gasteiger partial charge in [0.25, 0.3) is 11.5 Å². The minimum absolute atomic E-state index is 0.0935.